The molecule has 1 N–H and O–H groups in total. The predicted octanol–water partition coefficient (Wildman–Crippen LogP) is 2.77. The lowest BCUT2D eigenvalue weighted by Crippen LogP contribution is -1.89. The first-order chi connectivity index (χ1) is 6.69. The Morgan fingerprint density at radius 1 is 1.50 bits per heavy atom. The number of hydrogen-bond acceptors (Lipinski definition) is 2. The second-order valence-corrected chi connectivity index (χ2v) is 3.78. The maximum absolute atomic E-state index is 8.66. The van der Waals surface area contributed by atoms with Crippen molar-refractivity contribution in [3.05, 3.63) is 33.8 Å². The Balaban J connectivity index is 3.08. The molecule has 0 aliphatic heterocycles. The largest absolute Gasteiger partial charge is 0.496 e. The summed E-state index contributed by atoms with van der Waals surface area (Å²) in [6.07, 6.45) is 3.57. The number of methoxy groups -OCH3 is 1. The van der Waals surface area contributed by atoms with Crippen LogP contribution in [-0.2, 0) is 0 Å². The lowest BCUT2D eigenvalue weighted by atomic mass is 10.1. The zero-order chi connectivity index (χ0) is 10.6. The SMILES string of the molecule is COc1cc(Br)c(/C=C/CO)cc1C. The second-order valence-electron chi connectivity index (χ2n) is 2.93. The maximum atomic E-state index is 8.66. The number of aliphatic hydroxyl groups is 1. The Bertz CT molecular complexity index is 345. The van der Waals surface area contributed by atoms with E-state index < -0.39 is 0 Å². The predicted molar refractivity (Wildman–Crippen MR) is 61.6 cm³/mol. The molecule has 3 heteroatoms. The van der Waals surface area contributed by atoms with Gasteiger partial charge in [-0.05, 0) is 30.2 Å². The first-order valence-electron chi connectivity index (χ1n) is 4.30. The minimum absolute atomic E-state index is 0.0531. The molecular weight excluding hydrogens is 244 g/mol. The summed E-state index contributed by atoms with van der Waals surface area (Å²) in [5, 5.41) is 8.66. The van der Waals surface area contributed by atoms with Crippen LogP contribution >= 0.6 is 15.9 Å². The van der Waals surface area contributed by atoms with Gasteiger partial charge in [0.25, 0.3) is 0 Å². The first-order valence-corrected chi connectivity index (χ1v) is 5.10. The van der Waals surface area contributed by atoms with Crippen LogP contribution in [-0.4, -0.2) is 18.8 Å². The third-order valence-electron chi connectivity index (χ3n) is 1.92. The fourth-order valence-electron chi connectivity index (χ4n) is 1.21. The molecule has 0 aliphatic rings. The van der Waals surface area contributed by atoms with Crippen molar-refractivity contribution in [1.82, 2.24) is 0 Å². The van der Waals surface area contributed by atoms with Gasteiger partial charge in [-0.3, -0.25) is 0 Å². The normalized spacial score (nSPS) is 10.9. The Hall–Kier alpha value is -0.800. The molecule has 1 aromatic carbocycles. The molecule has 0 spiro atoms. The molecule has 76 valence electrons. The van der Waals surface area contributed by atoms with E-state index >= 15 is 0 Å². The van der Waals surface area contributed by atoms with Crippen LogP contribution in [0.2, 0.25) is 0 Å². The van der Waals surface area contributed by atoms with Gasteiger partial charge in [-0.15, -0.1) is 0 Å². The topological polar surface area (TPSA) is 29.5 Å². The highest BCUT2D eigenvalue weighted by molar-refractivity contribution is 9.10. The quantitative estimate of drug-likeness (QED) is 0.902. The Morgan fingerprint density at radius 2 is 2.21 bits per heavy atom. The first kappa shape index (κ1) is 11.3. The lowest BCUT2D eigenvalue weighted by molar-refractivity contribution is 0.343. The maximum Gasteiger partial charge on any atom is 0.122 e. The average Bonchev–Trinajstić information content (AvgIpc) is 2.18. The minimum Gasteiger partial charge on any atom is -0.496 e. The molecule has 14 heavy (non-hydrogen) atoms. The number of aliphatic hydroxyl groups excluding tert-OH is 1. The van der Waals surface area contributed by atoms with Crippen LogP contribution in [0.25, 0.3) is 6.08 Å². The van der Waals surface area contributed by atoms with Gasteiger partial charge in [0.15, 0.2) is 0 Å². The van der Waals surface area contributed by atoms with Gasteiger partial charge in [-0.25, -0.2) is 0 Å². The smallest absolute Gasteiger partial charge is 0.122 e. The number of ether oxygens (including phenoxy) is 1. The van der Waals surface area contributed by atoms with E-state index in [1.54, 1.807) is 13.2 Å². The van der Waals surface area contributed by atoms with Gasteiger partial charge in [-0.1, -0.05) is 28.1 Å². The summed E-state index contributed by atoms with van der Waals surface area (Å²) in [4.78, 5) is 0. The average molecular weight is 257 g/mol. The number of hydrogen-bond donors (Lipinski definition) is 1. The third kappa shape index (κ3) is 2.59. The zero-order valence-corrected chi connectivity index (χ0v) is 9.84. The number of rotatable bonds is 3. The monoisotopic (exact) mass is 256 g/mol. The van der Waals surface area contributed by atoms with Crippen molar-refractivity contribution in [2.45, 2.75) is 6.92 Å². The van der Waals surface area contributed by atoms with Crippen molar-refractivity contribution < 1.29 is 9.84 Å². The van der Waals surface area contributed by atoms with Crippen LogP contribution in [0.1, 0.15) is 11.1 Å². The molecule has 0 saturated heterocycles. The van der Waals surface area contributed by atoms with Crippen LogP contribution < -0.4 is 4.74 Å². The molecule has 0 radical (unpaired) electrons. The molecule has 0 saturated carbocycles. The van der Waals surface area contributed by atoms with E-state index in [4.69, 9.17) is 9.84 Å². The van der Waals surface area contributed by atoms with Gasteiger partial charge in [0.05, 0.1) is 13.7 Å². The highest BCUT2D eigenvalue weighted by atomic mass is 79.9. The summed E-state index contributed by atoms with van der Waals surface area (Å²) >= 11 is 3.44. The molecule has 1 rings (SSSR count). The Kier molecular flexibility index (Phi) is 4.17. The highest BCUT2D eigenvalue weighted by Crippen LogP contribution is 2.27. The molecule has 0 amide bonds. The second kappa shape index (κ2) is 5.17. The summed E-state index contributed by atoms with van der Waals surface area (Å²) in [6, 6.07) is 3.93. The van der Waals surface area contributed by atoms with Crippen molar-refractivity contribution in [3.63, 3.8) is 0 Å². The van der Waals surface area contributed by atoms with Gasteiger partial charge >= 0.3 is 0 Å². The van der Waals surface area contributed by atoms with Crippen molar-refractivity contribution in [2.24, 2.45) is 0 Å². The summed E-state index contributed by atoms with van der Waals surface area (Å²) < 4.78 is 6.14. The standard InChI is InChI=1S/C11H13BrO2/c1-8-6-9(4-3-5-13)10(12)7-11(8)14-2/h3-4,6-7,13H,5H2,1-2H3/b4-3+. The molecule has 2 nitrogen and oxygen atoms in total. The van der Waals surface area contributed by atoms with Crippen molar-refractivity contribution in [2.75, 3.05) is 13.7 Å². The van der Waals surface area contributed by atoms with Crippen LogP contribution in [0.4, 0.5) is 0 Å². The third-order valence-corrected chi connectivity index (χ3v) is 2.60. The van der Waals surface area contributed by atoms with Crippen LogP contribution in [0.3, 0.4) is 0 Å². The number of halogens is 1. The minimum atomic E-state index is 0.0531. The van der Waals surface area contributed by atoms with E-state index in [9.17, 15) is 0 Å². The van der Waals surface area contributed by atoms with Crippen LogP contribution in [0, 0.1) is 6.92 Å². The number of aryl methyl sites for hydroxylation is 1. The summed E-state index contributed by atoms with van der Waals surface area (Å²) in [5.74, 6) is 0.859. The molecule has 0 bridgehead atoms. The van der Waals surface area contributed by atoms with E-state index in [-0.39, 0.29) is 6.61 Å². The van der Waals surface area contributed by atoms with Crippen LogP contribution in [0.15, 0.2) is 22.7 Å². The molecule has 0 aliphatic carbocycles. The van der Waals surface area contributed by atoms with E-state index in [1.165, 1.54) is 0 Å². The van der Waals surface area contributed by atoms with Crippen molar-refractivity contribution in [1.29, 1.82) is 0 Å². The molecule has 1 aromatic rings. The molecular formula is C11H13BrO2. The Morgan fingerprint density at radius 3 is 2.79 bits per heavy atom. The Labute approximate surface area is 92.3 Å². The van der Waals surface area contributed by atoms with Crippen molar-refractivity contribution in [3.8, 4) is 5.75 Å². The molecule has 0 unspecified atom stereocenters. The van der Waals surface area contributed by atoms with Gasteiger partial charge in [-0.2, -0.15) is 0 Å². The van der Waals surface area contributed by atoms with Crippen molar-refractivity contribution >= 4 is 22.0 Å². The lowest BCUT2D eigenvalue weighted by Gasteiger charge is -2.07. The van der Waals surface area contributed by atoms with E-state index in [0.29, 0.717) is 0 Å². The van der Waals surface area contributed by atoms with E-state index in [1.807, 2.05) is 25.1 Å². The molecule has 0 atom stereocenters. The molecule has 0 heterocycles. The van der Waals surface area contributed by atoms with E-state index in [2.05, 4.69) is 15.9 Å². The van der Waals surface area contributed by atoms with Gasteiger partial charge < -0.3 is 9.84 Å². The number of benzene rings is 1. The fourth-order valence-corrected chi connectivity index (χ4v) is 1.67. The fraction of sp³-hybridized carbons (Fsp3) is 0.273. The summed E-state index contributed by atoms with van der Waals surface area (Å²) in [7, 11) is 1.65. The van der Waals surface area contributed by atoms with Gasteiger partial charge in [0, 0.05) is 4.47 Å². The van der Waals surface area contributed by atoms with Gasteiger partial charge in [0.1, 0.15) is 5.75 Å². The summed E-state index contributed by atoms with van der Waals surface area (Å²) in [6.45, 7) is 2.04. The molecule has 0 fully saturated rings. The summed E-state index contributed by atoms with van der Waals surface area (Å²) in [5.41, 5.74) is 2.12. The zero-order valence-electron chi connectivity index (χ0n) is 8.25. The highest BCUT2D eigenvalue weighted by Gasteiger charge is 2.02. The van der Waals surface area contributed by atoms with Crippen LogP contribution in [0.5, 0.6) is 5.75 Å². The van der Waals surface area contributed by atoms with E-state index in [0.717, 1.165) is 21.3 Å². The molecule has 0 aromatic heterocycles. The van der Waals surface area contributed by atoms with Gasteiger partial charge in [0.2, 0.25) is 0 Å².